The SMILES string of the molecule is COC(=O)Cn1cc[n+](C)c1C. The van der Waals surface area contributed by atoms with Gasteiger partial charge in [-0.3, -0.25) is 0 Å². The van der Waals surface area contributed by atoms with E-state index >= 15 is 0 Å². The van der Waals surface area contributed by atoms with E-state index in [0.717, 1.165) is 5.82 Å². The van der Waals surface area contributed by atoms with Gasteiger partial charge in [0.1, 0.15) is 12.4 Å². The van der Waals surface area contributed by atoms with Crippen LogP contribution in [0.1, 0.15) is 5.82 Å². The number of rotatable bonds is 2. The van der Waals surface area contributed by atoms with Crippen LogP contribution < -0.4 is 4.57 Å². The van der Waals surface area contributed by atoms with Crippen LogP contribution in [0.25, 0.3) is 0 Å². The summed E-state index contributed by atoms with van der Waals surface area (Å²) in [6, 6.07) is 0. The van der Waals surface area contributed by atoms with Crippen molar-refractivity contribution in [3.8, 4) is 0 Å². The lowest BCUT2D eigenvalue weighted by Gasteiger charge is -1.96. The van der Waals surface area contributed by atoms with Crippen molar-refractivity contribution in [2.75, 3.05) is 7.11 Å². The molecule has 0 saturated carbocycles. The molecule has 1 rings (SSSR count). The van der Waals surface area contributed by atoms with E-state index < -0.39 is 0 Å². The van der Waals surface area contributed by atoms with E-state index in [-0.39, 0.29) is 12.5 Å². The highest BCUT2D eigenvalue weighted by Gasteiger charge is 2.12. The zero-order chi connectivity index (χ0) is 9.14. The predicted molar refractivity (Wildman–Crippen MR) is 42.4 cm³/mol. The largest absolute Gasteiger partial charge is 0.466 e. The van der Waals surface area contributed by atoms with Gasteiger partial charge in [0.05, 0.1) is 14.2 Å². The van der Waals surface area contributed by atoms with Crippen molar-refractivity contribution < 1.29 is 14.1 Å². The maximum atomic E-state index is 10.9. The standard InChI is InChI=1S/C8H13N2O2/c1-7-9(2)4-5-10(7)6-8(11)12-3/h4-5H,6H2,1-3H3/q+1. The minimum Gasteiger partial charge on any atom is -0.466 e. The van der Waals surface area contributed by atoms with Crippen LogP contribution >= 0.6 is 0 Å². The summed E-state index contributed by atoms with van der Waals surface area (Å²) in [6.07, 6.45) is 3.75. The first-order valence-corrected chi connectivity index (χ1v) is 3.73. The van der Waals surface area contributed by atoms with E-state index in [0.29, 0.717) is 0 Å². The van der Waals surface area contributed by atoms with Crippen LogP contribution in [0.5, 0.6) is 0 Å². The van der Waals surface area contributed by atoms with Crippen molar-refractivity contribution in [2.45, 2.75) is 13.5 Å². The molecule has 0 unspecified atom stereocenters. The van der Waals surface area contributed by atoms with Gasteiger partial charge in [-0.1, -0.05) is 0 Å². The minimum absolute atomic E-state index is 0.228. The van der Waals surface area contributed by atoms with Gasteiger partial charge in [0.2, 0.25) is 0 Å². The third kappa shape index (κ3) is 1.64. The Kier molecular flexibility index (Phi) is 2.47. The van der Waals surface area contributed by atoms with Crippen molar-refractivity contribution in [3.05, 3.63) is 18.2 Å². The smallest absolute Gasteiger partial charge is 0.348 e. The molecule has 0 bridgehead atoms. The van der Waals surface area contributed by atoms with Crippen molar-refractivity contribution in [1.29, 1.82) is 0 Å². The summed E-state index contributed by atoms with van der Waals surface area (Å²) in [7, 11) is 3.32. The van der Waals surface area contributed by atoms with Crippen LogP contribution in [-0.2, 0) is 23.1 Å². The number of ether oxygens (including phenoxy) is 1. The second-order valence-corrected chi connectivity index (χ2v) is 2.66. The van der Waals surface area contributed by atoms with E-state index in [1.165, 1.54) is 7.11 Å². The van der Waals surface area contributed by atoms with Crippen molar-refractivity contribution >= 4 is 5.97 Å². The molecule has 1 aromatic heterocycles. The Morgan fingerprint density at radius 2 is 2.42 bits per heavy atom. The van der Waals surface area contributed by atoms with E-state index in [9.17, 15) is 4.79 Å². The van der Waals surface area contributed by atoms with Crippen LogP contribution in [0.4, 0.5) is 0 Å². The second-order valence-electron chi connectivity index (χ2n) is 2.66. The predicted octanol–water partition coefficient (Wildman–Crippen LogP) is -0.206. The molecule has 1 heterocycles. The van der Waals surface area contributed by atoms with Crippen LogP contribution in [-0.4, -0.2) is 17.6 Å². The van der Waals surface area contributed by atoms with Crippen molar-refractivity contribution in [2.24, 2.45) is 7.05 Å². The third-order valence-electron chi connectivity index (χ3n) is 1.92. The van der Waals surface area contributed by atoms with Gasteiger partial charge in [0.25, 0.3) is 5.82 Å². The average molecular weight is 169 g/mol. The topological polar surface area (TPSA) is 35.1 Å². The Morgan fingerprint density at radius 3 is 2.83 bits per heavy atom. The molecule has 0 aliphatic carbocycles. The number of hydrogen-bond acceptors (Lipinski definition) is 2. The van der Waals surface area contributed by atoms with Gasteiger partial charge in [-0.15, -0.1) is 0 Å². The molecule has 1 aromatic rings. The molecular weight excluding hydrogens is 156 g/mol. The summed E-state index contributed by atoms with van der Waals surface area (Å²) in [5.74, 6) is 0.801. The van der Waals surface area contributed by atoms with Crippen LogP contribution in [0.3, 0.4) is 0 Å². The fraction of sp³-hybridized carbons (Fsp3) is 0.500. The summed E-state index contributed by atoms with van der Waals surface area (Å²) in [5, 5.41) is 0. The molecule has 12 heavy (non-hydrogen) atoms. The molecule has 0 saturated heterocycles. The zero-order valence-corrected chi connectivity index (χ0v) is 7.57. The Labute approximate surface area is 71.4 Å². The first kappa shape index (κ1) is 8.77. The summed E-state index contributed by atoms with van der Waals surface area (Å²) in [6.45, 7) is 2.23. The maximum absolute atomic E-state index is 10.9. The highest BCUT2D eigenvalue weighted by Crippen LogP contribution is 1.92. The summed E-state index contributed by atoms with van der Waals surface area (Å²) >= 11 is 0. The van der Waals surface area contributed by atoms with Crippen LogP contribution in [0.2, 0.25) is 0 Å². The molecular formula is C8H13N2O2+. The highest BCUT2D eigenvalue weighted by atomic mass is 16.5. The lowest BCUT2D eigenvalue weighted by atomic mass is 10.6. The lowest BCUT2D eigenvalue weighted by molar-refractivity contribution is -0.677. The maximum Gasteiger partial charge on any atom is 0.348 e. The van der Waals surface area contributed by atoms with Crippen LogP contribution in [0, 0.1) is 6.92 Å². The lowest BCUT2D eigenvalue weighted by Crippen LogP contribution is -2.30. The molecule has 4 heteroatoms. The highest BCUT2D eigenvalue weighted by molar-refractivity contribution is 5.68. The Balaban J connectivity index is 2.76. The normalized spacial score (nSPS) is 9.92. The molecule has 0 atom stereocenters. The molecule has 66 valence electrons. The van der Waals surface area contributed by atoms with Gasteiger partial charge in [0.15, 0.2) is 6.54 Å². The Bertz CT molecular complexity index is 291. The quantitative estimate of drug-likeness (QED) is 0.454. The molecule has 0 spiro atoms. The molecule has 0 amide bonds. The number of aromatic nitrogens is 2. The number of esters is 1. The van der Waals surface area contributed by atoms with E-state index in [1.807, 2.05) is 35.5 Å². The molecule has 0 radical (unpaired) electrons. The van der Waals surface area contributed by atoms with E-state index in [4.69, 9.17) is 0 Å². The van der Waals surface area contributed by atoms with Gasteiger partial charge < -0.3 is 4.74 Å². The van der Waals surface area contributed by atoms with Gasteiger partial charge in [-0.25, -0.2) is 13.9 Å². The average Bonchev–Trinajstić information content (AvgIpc) is 2.36. The van der Waals surface area contributed by atoms with Gasteiger partial charge in [-0.05, 0) is 0 Å². The number of aryl methyl sites for hydroxylation is 1. The van der Waals surface area contributed by atoms with Crippen LogP contribution in [0.15, 0.2) is 12.4 Å². The second kappa shape index (κ2) is 3.38. The molecule has 0 aromatic carbocycles. The van der Waals surface area contributed by atoms with Crippen molar-refractivity contribution in [1.82, 2.24) is 4.57 Å². The van der Waals surface area contributed by atoms with Gasteiger partial charge in [0, 0.05) is 6.92 Å². The molecule has 4 nitrogen and oxygen atoms in total. The fourth-order valence-electron chi connectivity index (χ4n) is 0.970. The molecule has 0 aliphatic rings. The number of carbonyl (C=O) groups excluding carboxylic acids is 1. The van der Waals surface area contributed by atoms with Crippen molar-refractivity contribution in [3.63, 3.8) is 0 Å². The zero-order valence-electron chi connectivity index (χ0n) is 7.57. The van der Waals surface area contributed by atoms with E-state index in [1.54, 1.807) is 0 Å². The fourth-order valence-corrected chi connectivity index (χ4v) is 0.970. The summed E-state index contributed by atoms with van der Waals surface area (Å²) in [4.78, 5) is 10.9. The third-order valence-corrected chi connectivity index (χ3v) is 1.92. The first-order chi connectivity index (χ1) is 5.65. The number of carbonyl (C=O) groups is 1. The Hall–Kier alpha value is -1.32. The minimum atomic E-state index is -0.228. The summed E-state index contributed by atoms with van der Waals surface area (Å²) < 4.78 is 8.34. The monoisotopic (exact) mass is 169 g/mol. The van der Waals surface area contributed by atoms with Gasteiger partial charge in [-0.2, -0.15) is 0 Å². The first-order valence-electron chi connectivity index (χ1n) is 3.73. The number of hydrogen-bond donors (Lipinski definition) is 0. The van der Waals surface area contributed by atoms with E-state index in [2.05, 4.69) is 4.74 Å². The Morgan fingerprint density at radius 1 is 1.75 bits per heavy atom. The van der Waals surface area contributed by atoms with Gasteiger partial charge >= 0.3 is 5.97 Å². The molecule has 0 N–H and O–H groups in total. The number of nitrogens with zero attached hydrogens (tertiary/aromatic N) is 2. The molecule has 0 aliphatic heterocycles. The number of methoxy groups -OCH3 is 1. The summed E-state index contributed by atoms with van der Waals surface area (Å²) in [5.41, 5.74) is 0. The number of imidazole rings is 1. The molecule has 0 fully saturated rings.